The maximum atomic E-state index is 11.9. The second kappa shape index (κ2) is 5.63. The summed E-state index contributed by atoms with van der Waals surface area (Å²) in [6.07, 6.45) is 3.49. The summed E-state index contributed by atoms with van der Waals surface area (Å²) < 4.78 is 10.3. The van der Waals surface area contributed by atoms with Gasteiger partial charge in [-0.15, -0.1) is 0 Å². The zero-order chi connectivity index (χ0) is 14.7. The first kappa shape index (κ1) is 13.1. The molecule has 0 aliphatic rings. The Morgan fingerprint density at radius 1 is 1.10 bits per heavy atom. The van der Waals surface area contributed by atoms with Gasteiger partial charge < -0.3 is 9.15 Å². The quantitative estimate of drug-likeness (QED) is 0.737. The average Bonchev–Trinajstić information content (AvgIpc) is 2.53. The third-order valence-electron chi connectivity index (χ3n) is 3.06. The number of hydrogen-bond donors (Lipinski definition) is 0. The Bertz CT molecular complexity index is 865. The second-order valence-electron chi connectivity index (χ2n) is 4.47. The van der Waals surface area contributed by atoms with Gasteiger partial charge in [-0.2, -0.15) is 0 Å². The lowest BCUT2D eigenvalue weighted by Crippen LogP contribution is -2.02. The molecule has 1 heterocycles. The van der Waals surface area contributed by atoms with E-state index in [2.05, 4.69) is 4.98 Å². The van der Waals surface area contributed by atoms with Crippen LogP contribution in [0.15, 0.2) is 57.7 Å². The van der Waals surface area contributed by atoms with Crippen LogP contribution in [0.1, 0.15) is 11.5 Å². The van der Waals surface area contributed by atoms with Crippen molar-refractivity contribution in [2.45, 2.75) is 0 Å². The van der Waals surface area contributed by atoms with E-state index in [0.29, 0.717) is 10.9 Å². The van der Waals surface area contributed by atoms with Gasteiger partial charge in [0.2, 0.25) is 5.89 Å². The molecule has 0 amide bonds. The number of methoxy groups -OCH3 is 1. The molecule has 104 valence electrons. The molecule has 4 heteroatoms. The fraction of sp³-hybridized carbons (Fsp3) is 0.0588. The van der Waals surface area contributed by atoms with Crippen LogP contribution < -0.4 is 10.4 Å². The molecule has 0 saturated heterocycles. The van der Waals surface area contributed by atoms with Gasteiger partial charge >= 0.3 is 5.63 Å². The number of nitrogens with zero attached hydrogens (tertiary/aromatic N) is 1. The Kier molecular flexibility index (Phi) is 3.51. The highest BCUT2D eigenvalue weighted by molar-refractivity contribution is 5.78. The Morgan fingerprint density at radius 2 is 1.95 bits per heavy atom. The number of fused-ring (bicyclic) bond motifs is 1. The average molecular weight is 279 g/mol. The number of hydrogen-bond acceptors (Lipinski definition) is 4. The molecule has 0 unspecified atom stereocenters. The standard InChI is InChI=1S/C17H13NO3/c1-20-13-6-4-5-12(11-13)9-10-16-18-15-8-3-2-7-14(15)17(19)21-16/h2-11H,1H3/b10-9-. The van der Waals surface area contributed by atoms with Gasteiger partial charge in [0.15, 0.2) is 0 Å². The molecule has 3 aromatic rings. The summed E-state index contributed by atoms with van der Waals surface area (Å²) in [5, 5.41) is 0.482. The van der Waals surface area contributed by atoms with E-state index >= 15 is 0 Å². The number of rotatable bonds is 3. The van der Waals surface area contributed by atoms with E-state index in [-0.39, 0.29) is 11.5 Å². The summed E-state index contributed by atoms with van der Waals surface area (Å²) in [5.41, 5.74) is 1.18. The summed E-state index contributed by atoms with van der Waals surface area (Å²) in [5.74, 6) is 1.05. The zero-order valence-electron chi connectivity index (χ0n) is 11.4. The lowest BCUT2D eigenvalue weighted by Gasteiger charge is -2.00. The molecule has 4 nitrogen and oxygen atoms in total. The summed E-state index contributed by atoms with van der Waals surface area (Å²) in [6, 6.07) is 14.7. The van der Waals surface area contributed by atoms with Crippen molar-refractivity contribution in [3.05, 3.63) is 70.4 Å². The highest BCUT2D eigenvalue weighted by Gasteiger charge is 2.02. The van der Waals surface area contributed by atoms with Crippen LogP contribution in [0.3, 0.4) is 0 Å². The molecule has 0 radical (unpaired) electrons. The molecule has 0 N–H and O–H groups in total. The third-order valence-corrected chi connectivity index (χ3v) is 3.06. The molecule has 21 heavy (non-hydrogen) atoms. The van der Waals surface area contributed by atoms with Gasteiger partial charge in [-0.25, -0.2) is 9.78 Å². The van der Waals surface area contributed by atoms with Crippen molar-refractivity contribution >= 4 is 23.1 Å². The smallest absolute Gasteiger partial charge is 0.347 e. The first-order chi connectivity index (χ1) is 10.3. The van der Waals surface area contributed by atoms with Crippen molar-refractivity contribution in [3.8, 4) is 5.75 Å². The van der Waals surface area contributed by atoms with Crippen LogP contribution in [-0.4, -0.2) is 12.1 Å². The van der Waals surface area contributed by atoms with Crippen LogP contribution in [0, 0.1) is 0 Å². The molecule has 3 rings (SSSR count). The molecule has 2 aromatic carbocycles. The van der Waals surface area contributed by atoms with Crippen LogP contribution in [0.5, 0.6) is 5.75 Å². The van der Waals surface area contributed by atoms with E-state index in [9.17, 15) is 4.79 Å². The van der Waals surface area contributed by atoms with Crippen LogP contribution in [-0.2, 0) is 0 Å². The van der Waals surface area contributed by atoms with Crippen molar-refractivity contribution in [2.75, 3.05) is 7.11 Å². The van der Waals surface area contributed by atoms with Gasteiger partial charge in [-0.1, -0.05) is 24.3 Å². The van der Waals surface area contributed by atoms with E-state index in [0.717, 1.165) is 11.3 Å². The SMILES string of the molecule is COc1cccc(/C=C\c2nc3ccccc3c(=O)o2)c1. The number of para-hydroxylation sites is 1. The van der Waals surface area contributed by atoms with E-state index < -0.39 is 0 Å². The Labute approximate surface area is 121 Å². The molecule has 0 aliphatic heterocycles. The van der Waals surface area contributed by atoms with Crippen molar-refractivity contribution in [1.82, 2.24) is 4.98 Å². The Balaban J connectivity index is 1.97. The van der Waals surface area contributed by atoms with Crippen molar-refractivity contribution in [3.63, 3.8) is 0 Å². The minimum Gasteiger partial charge on any atom is -0.497 e. The predicted molar refractivity (Wildman–Crippen MR) is 82.2 cm³/mol. The highest BCUT2D eigenvalue weighted by atomic mass is 16.5. The third kappa shape index (κ3) is 2.84. The molecule has 0 fully saturated rings. The monoisotopic (exact) mass is 279 g/mol. The van der Waals surface area contributed by atoms with Gasteiger partial charge in [0.25, 0.3) is 0 Å². The Hall–Kier alpha value is -2.88. The zero-order valence-corrected chi connectivity index (χ0v) is 11.4. The maximum Gasteiger partial charge on any atom is 0.347 e. The minimum atomic E-state index is -0.383. The summed E-state index contributed by atoms with van der Waals surface area (Å²) in [7, 11) is 1.62. The Morgan fingerprint density at radius 3 is 2.81 bits per heavy atom. The second-order valence-corrected chi connectivity index (χ2v) is 4.47. The highest BCUT2D eigenvalue weighted by Crippen LogP contribution is 2.15. The van der Waals surface area contributed by atoms with Gasteiger partial charge in [0.1, 0.15) is 5.75 Å². The minimum absolute atomic E-state index is 0.279. The maximum absolute atomic E-state index is 11.9. The molecule has 0 aliphatic carbocycles. The molecule has 0 saturated carbocycles. The topological polar surface area (TPSA) is 52.3 Å². The molecule has 1 aromatic heterocycles. The predicted octanol–water partition coefficient (Wildman–Crippen LogP) is 3.37. The van der Waals surface area contributed by atoms with Gasteiger partial charge in [-0.05, 0) is 35.9 Å². The molecule has 0 atom stereocenters. The van der Waals surface area contributed by atoms with Gasteiger partial charge in [-0.3, -0.25) is 0 Å². The van der Waals surface area contributed by atoms with Gasteiger partial charge in [0.05, 0.1) is 18.0 Å². The van der Waals surface area contributed by atoms with E-state index in [1.807, 2.05) is 36.4 Å². The lowest BCUT2D eigenvalue weighted by atomic mass is 10.2. The van der Waals surface area contributed by atoms with E-state index in [4.69, 9.17) is 9.15 Å². The molecule has 0 spiro atoms. The van der Waals surface area contributed by atoms with E-state index in [1.54, 1.807) is 31.4 Å². The van der Waals surface area contributed by atoms with E-state index in [1.165, 1.54) is 0 Å². The van der Waals surface area contributed by atoms with Crippen LogP contribution in [0.4, 0.5) is 0 Å². The molecular formula is C17H13NO3. The lowest BCUT2D eigenvalue weighted by molar-refractivity contribution is 0.414. The van der Waals surface area contributed by atoms with Crippen LogP contribution in [0.2, 0.25) is 0 Å². The summed E-state index contributed by atoms with van der Waals surface area (Å²) >= 11 is 0. The fourth-order valence-corrected chi connectivity index (χ4v) is 2.02. The first-order valence-corrected chi connectivity index (χ1v) is 6.48. The number of aromatic nitrogens is 1. The van der Waals surface area contributed by atoms with Crippen LogP contribution in [0.25, 0.3) is 23.1 Å². The van der Waals surface area contributed by atoms with Crippen molar-refractivity contribution < 1.29 is 9.15 Å². The molecule has 0 bridgehead atoms. The summed E-state index contributed by atoms with van der Waals surface area (Å²) in [6.45, 7) is 0. The van der Waals surface area contributed by atoms with Gasteiger partial charge in [0, 0.05) is 6.08 Å². The number of benzene rings is 2. The molecular weight excluding hydrogens is 266 g/mol. The first-order valence-electron chi connectivity index (χ1n) is 6.48. The van der Waals surface area contributed by atoms with Crippen LogP contribution >= 0.6 is 0 Å². The van der Waals surface area contributed by atoms with Crippen molar-refractivity contribution in [2.24, 2.45) is 0 Å². The van der Waals surface area contributed by atoms with Crippen molar-refractivity contribution in [1.29, 1.82) is 0 Å². The normalized spacial score (nSPS) is 11.1. The summed E-state index contributed by atoms with van der Waals surface area (Å²) in [4.78, 5) is 16.2. The fourth-order valence-electron chi connectivity index (χ4n) is 2.02. The number of ether oxygens (including phenoxy) is 1. The largest absolute Gasteiger partial charge is 0.497 e.